The summed E-state index contributed by atoms with van der Waals surface area (Å²) in [7, 11) is 1.72. The molecule has 0 atom stereocenters. The van der Waals surface area contributed by atoms with Crippen molar-refractivity contribution in [3.05, 3.63) is 29.8 Å². The van der Waals surface area contributed by atoms with Crippen LogP contribution in [0.5, 0.6) is 0 Å². The Morgan fingerprint density at radius 1 is 1.37 bits per heavy atom. The Morgan fingerprint density at radius 2 is 2.05 bits per heavy atom. The lowest BCUT2D eigenvalue weighted by Gasteiger charge is -2.15. The van der Waals surface area contributed by atoms with Gasteiger partial charge in [-0.1, -0.05) is 12.1 Å². The van der Waals surface area contributed by atoms with E-state index in [0.29, 0.717) is 11.8 Å². The average Bonchev–Trinajstić information content (AvgIpc) is 3.18. The third-order valence-corrected chi connectivity index (χ3v) is 3.80. The molecule has 0 aliphatic heterocycles. The molecule has 0 aromatic heterocycles. The molecule has 1 amide bonds. The van der Waals surface area contributed by atoms with Gasteiger partial charge < -0.3 is 15.8 Å². The van der Waals surface area contributed by atoms with Crippen molar-refractivity contribution in [2.24, 2.45) is 5.41 Å². The number of carbonyl (C=O) groups is 1. The van der Waals surface area contributed by atoms with Crippen LogP contribution < -0.4 is 11.1 Å². The highest BCUT2D eigenvalue weighted by Crippen LogP contribution is 2.48. The Labute approximate surface area is 114 Å². The van der Waals surface area contributed by atoms with Gasteiger partial charge in [0.15, 0.2) is 0 Å². The van der Waals surface area contributed by atoms with E-state index in [9.17, 15) is 4.79 Å². The van der Waals surface area contributed by atoms with Crippen LogP contribution >= 0.6 is 0 Å². The Hall–Kier alpha value is -1.55. The maximum Gasteiger partial charge on any atom is 0.224 e. The molecular formula is C15H22N2O2. The molecule has 1 aromatic carbocycles. The van der Waals surface area contributed by atoms with Gasteiger partial charge in [0.25, 0.3) is 0 Å². The highest BCUT2D eigenvalue weighted by Gasteiger charge is 2.41. The lowest BCUT2D eigenvalue weighted by atomic mass is 10.0. The van der Waals surface area contributed by atoms with Gasteiger partial charge in [0.05, 0.1) is 6.42 Å². The first kappa shape index (κ1) is 13.9. The number of hydrogen-bond donors (Lipinski definition) is 2. The highest BCUT2D eigenvalue weighted by molar-refractivity contribution is 5.78. The quantitative estimate of drug-likeness (QED) is 0.736. The molecule has 1 aliphatic rings. The Balaban J connectivity index is 1.74. The monoisotopic (exact) mass is 262 g/mol. The molecule has 0 saturated heterocycles. The van der Waals surface area contributed by atoms with Crippen molar-refractivity contribution < 1.29 is 9.53 Å². The Kier molecular flexibility index (Phi) is 4.43. The number of nitrogen functional groups attached to an aromatic ring is 1. The molecule has 19 heavy (non-hydrogen) atoms. The number of rotatable bonds is 7. The second kappa shape index (κ2) is 6.06. The van der Waals surface area contributed by atoms with E-state index in [1.807, 2.05) is 24.3 Å². The summed E-state index contributed by atoms with van der Waals surface area (Å²) in [6.45, 7) is 1.54. The standard InChI is InChI=1S/C15H22N2O2/c1-19-9-8-15(6-7-15)11-17-14(18)10-12-2-4-13(16)5-3-12/h2-5H,6-11,16H2,1H3,(H,17,18). The van der Waals surface area contributed by atoms with Crippen LogP contribution in [0.25, 0.3) is 0 Å². The summed E-state index contributed by atoms with van der Waals surface area (Å²) in [5, 5.41) is 3.03. The zero-order valence-electron chi connectivity index (χ0n) is 11.4. The summed E-state index contributed by atoms with van der Waals surface area (Å²) >= 11 is 0. The van der Waals surface area contributed by atoms with Crippen molar-refractivity contribution in [2.45, 2.75) is 25.7 Å². The van der Waals surface area contributed by atoms with E-state index in [1.54, 1.807) is 7.11 Å². The molecule has 3 N–H and O–H groups in total. The zero-order valence-corrected chi connectivity index (χ0v) is 11.4. The first-order chi connectivity index (χ1) is 9.13. The van der Waals surface area contributed by atoms with Gasteiger partial charge >= 0.3 is 0 Å². The minimum absolute atomic E-state index is 0.0773. The molecule has 0 heterocycles. The predicted molar refractivity (Wildman–Crippen MR) is 75.7 cm³/mol. The average molecular weight is 262 g/mol. The fraction of sp³-hybridized carbons (Fsp3) is 0.533. The molecular weight excluding hydrogens is 240 g/mol. The van der Waals surface area contributed by atoms with Crippen LogP contribution in [0.15, 0.2) is 24.3 Å². The van der Waals surface area contributed by atoms with Gasteiger partial charge in [-0.2, -0.15) is 0 Å². The number of carbonyl (C=O) groups excluding carboxylic acids is 1. The molecule has 1 saturated carbocycles. The lowest BCUT2D eigenvalue weighted by molar-refractivity contribution is -0.120. The summed E-state index contributed by atoms with van der Waals surface area (Å²) in [4.78, 5) is 11.9. The van der Waals surface area contributed by atoms with E-state index in [2.05, 4.69) is 5.32 Å². The summed E-state index contributed by atoms with van der Waals surface area (Å²) in [5.74, 6) is 0.0773. The van der Waals surface area contributed by atoms with Crippen LogP contribution in [0, 0.1) is 5.41 Å². The molecule has 0 unspecified atom stereocenters. The first-order valence-electron chi connectivity index (χ1n) is 6.74. The van der Waals surface area contributed by atoms with Crippen LogP contribution in [0.3, 0.4) is 0 Å². The van der Waals surface area contributed by atoms with Gasteiger partial charge in [0, 0.05) is 25.9 Å². The van der Waals surface area contributed by atoms with Gasteiger partial charge in [0.1, 0.15) is 0 Å². The van der Waals surface area contributed by atoms with Crippen molar-refractivity contribution in [1.82, 2.24) is 5.32 Å². The molecule has 0 spiro atoms. The molecule has 1 fully saturated rings. The number of methoxy groups -OCH3 is 1. The zero-order chi connectivity index (χ0) is 13.7. The minimum atomic E-state index is 0.0773. The lowest BCUT2D eigenvalue weighted by Crippen LogP contribution is -2.31. The van der Waals surface area contributed by atoms with E-state index >= 15 is 0 Å². The summed E-state index contributed by atoms with van der Waals surface area (Å²) < 4.78 is 5.11. The fourth-order valence-corrected chi connectivity index (χ4v) is 2.18. The van der Waals surface area contributed by atoms with Gasteiger partial charge in [-0.3, -0.25) is 4.79 Å². The molecule has 0 bridgehead atoms. The van der Waals surface area contributed by atoms with E-state index in [4.69, 9.17) is 10.5 Å². The van der Waals surface area contributed by atoms with E-state index in [0.717, 1.165) is 30.8 Å². The number of ether oxygens (including phenoxy) is 1. The van der Waals surface area contributed by atoms with Crippen molar-refractivity contribution in [3.8, 4) is 0 Å². The smallest absolute Gasteiger partial charge is 0.224 e. The molecule has 1 aliphatic carbocycles. The van der Waals surface area contributed by atoms with Crippen molar-refractivity contribution in [3.63, 3.8) is 0 Å². The predicted octanol–water partition coefficient (Wildman–Crippen LogP) is 1.74. The van der Waals surface area contributed by atoms with Crippen LogP contribution in [0.4, 0.5) is 5.69 Å². The number of nitrogens with one attached hydrogen (secondary N) is 1. The highest BCUT2D eigenvalue weighted by atomic mass is 16.5. The van der Waals surface area contributed by atoms with E-state index < -0.39 is 0 Å². The van der Waals surface area contributed by atoms with Gasteiger partial charge in [-0.25, -0.2) is 0 Å². The SMILES string of the molecule is COCCC1(CNC(=O)Cc2ccc(N)cc2)CC1. The van der Waals surface area contributed by atoms with Gasteiger partial charge in [-0.15, -0.1) is 0 Å². The van der Waals surface area contributed by atoms with E-state index in [-0.39, 0.29) is 5.91 Å². The summed E-state index contributed by atoms with van der Waals surface area (Å²) in [5.41, 5.74) is 7.63. The fourth-order valence-electron chi connectivity index (χ4n) is 2.18. The Morgan fingerprint density at radius 3 is 2.63 bits per heavy atom. The number of nitrogens with two attached hydrogens (primary N) is 1. The van der Waals surface area contributed by atoms with Crippen LogP contribution in [-0.2, 0) is 16.0 Å². The Bertz CT molecular complexity index is 424. The molecule has 1 aromatic rings. The van der Waals surface area contributed by atoms with Crippen molar-refractivity contribution >= 4 is 11.6 Å². The second-order valence-corrected chi connectivity index (χ2v) is 5.44. The second-order valence-electron chi connectivity index (χ2n) is 5.44. The van der Waals surface area contributed by atoms with Gasteiger partial charge in [-0.05, 0) is 42.4 Å². The molecule has 4 nitrogen and oxygen atoms in total. The topological polar surface area (TPSA) is 64.3 Å². The van der Waals surface area contributed by atoms with Gasteiger partial charge in [0.2, 0.25) is 5.91 Å². The molecule has 104 valence electrons. The molecule has 4 heteroatoms. The largest absolute Gasteiger partial charge is 0.399 e. The maximum atomic E-state index is 11.9. The summed E-state index contributed by atoms with van der Waals surface area (Å²) in [6, 6.07) is 7.44. The summed E-state index contributed by atoms with van der Waals surface area (Å²) in [6.07, 6.45) is 3.84. The van der Waals surface area contributed by atoms with Crippen LogP contribution in [0.1, 0.15) is 24.8 Å². The maximum absolute atomic E-state index is 11.9. The van der Waals surface area contributed by atoms with Crippen molar-refractivity contribution in [1.29, 1.82) is 0 Å². The van der Waals surface area contributed by atoms with Crippen LogP contribution in [-0.4, -0.2) is 26.2 Å². The number of hydrogen-bond acceptors (Lipinski definition) is 3. The molecule has 0 radical (unpaired) electrons. The number of anilines is 1. The first-order valence-corrected chi connectivity index (χ1v) is 6.74. The van der Waals surface area contributed by atoms with Crippen molar-refractivity contribution in [2.75, 3.05) is 26.0 Å². The van der Waals surface area contributed by atoms with Crippen LogP contribution in [0.2, 0.25) is 0 Å². The van der Waals surface area contributed by atoms with E-state index in [1.165, 1.54) is 12.8 Å². The minimum Gasteiger partial charge on any atom is -0.399 e. The normalized spacial score (nSPS) is 16.1. The number of benzene rings is 1. The third kappa shape index (κ3) is 4.24. The number of amides is 1. The third-order valence-electron chi connectivity index (χ3n) is 3.80. The molecule has 2 rings (SSSR count).